The summed E-state index contributed by atoms with van der Waals surface area (Å²) >= 11 is 0. The number of nitrogens with zero attached hydrogens (tertiary/aromatic N) is 6. The van der Waals surface area contributed by atoms with Gasteiger partial charge in [0.1, 0.15) is 23.5 Å². The Labute approximate surface area is 153 Å². The van der Waals surface area contributed by atoms with E-state index in [1.807, 2.05) is 19.1 Å². The second-order valence-electron chi connectivity index (χ2n) is 6.73. The molecule has 1 fully saturated rings. The van der Waals surface area contributed by atoms with Crippen molar-refractivity contribution >= 4 is 11.6 Å². The molecule has 4 heterocycles. The summed E-state index contributed by atoms with van der Waals surface area (Å²) in [4.78, 5) is 18.4. The number of piperazine rings is 1. The molecule has 2 aliphatic heterocycles. The lowest BCUT2D eigenvalue weighted by atomic mass is 10.1. The maximum atomic E-state index is 9.32. The zero-order valence-corrected chi connectivity index (χ0v) is 15.1. The zero-order chi connectivity index (χ0) is 17.9. The van der Waals surface area contributed by atoms with Crippen LogP contribution in [0.5, 0.6) is 0 Å². The van der Waals surface area contributed by atoms with Gasteiger partial charge in [0, 0.05) is 50.9 Å². The van der Waals surface area contributed by atoms with E-state index in [2.05, 4.69) is 31.2 Å². The highest BCUT2D eigenvalue weighted by atomic mass is 15.3. The Morgan fingerprint density at radius 3 is 2.54 bits per heavy atom. The number of hydrogen-bond acceptors (Lipinski definition) is 7. The van der Waals surface area contributed by atoms with E-state index in [-0.39, 0.29) is 0 Å². The minimum atomic E-state index is 0.638. The molecule has 26 heavy (non-hydrogen) atoms. The lowest BCUT2D eigenvalue weighted by Crippen LogP contribution is -2.47. The molecule has 0 saturated carbocycles. The molecule has 0 radical (unpaired) electrons. The summed E-state index contributed by atoms with van der Waals surface area (Å²) in [7, 11) is 0. The van der Waals surface area contributed by atoms with Crippen LogP contribution in [0.25, 0.3) is 0 Å². The Morgan fingerprint density at radius 2 is 1.77 bits per heavy atom. The molecule has 2 aromatic heterocycles. The number of fused-ring (bicyclic) bond motifs is 1. The van der Waals surface area contributed by atoms with Gasteiger partial charge in [0.15, 0.2) is 0 Å². The Bertz CT molecular complexity index is 834. The maximum Gasteiger partial charge on any atom is 0.146 e. The Kier molecular flexibility index (Phi) is 4.67. The first kappa shape index (κ1) is 16.7. The number of aryl methyl sites for hydroxylation is 1. The number of nitriles is 1. The first-order valence-electron chi connectivity index (χ1n) is 9.18. The summed E-state index contributed by atoms with van der Waals surface area (Å²) in [5.74, 6) is 2.73. The van der Waals surface area contributed by atoms with Crippen molar-refractivity contribution in [3.05, 3.63) is 41.0 Å². The molecule has 0 unspecified atom stereocenters. The van der Waals surface area contributed by atoms with Crippen LogP contribution in [0.1, 0.15) is 22.6 Å². The molecule has 0 aromatic carbocycles. The number of aromatic nitrogens is 3. The SMILES string of the molecule is Cc1nc2c(c(N3CCN(c4ncccc4C#N)CC3)n1)CCNCC2. The molecule has 0 atom stereocenters. The second-order valence-corrected chi connectivity index (χ2v) is 6.73. The molecular formula is C19H23N7. The number of rotatable bonds is 2. The third-order valence-corrected chi connectivity index (χ3v) is 5.06. The molecule has 2 aromatic rings. The lowest BCUT2D eigenvalue weighted by Gasteiger charge is -2.37. The van der Waals surface area contributed by atoms with Crippen molar-refractivity contribution in [1.82, 2.24) is 20.3 Å². The molecule has 0 bridgehead atoms. The van der Waals surface area contributed by atoms with Crippen molar-refractivity contribution in [3.63, 3.8) is 0 Å². The largest absolute Gasteiger partial charge is 0.353 e. The van der Waals surface area contributed by atoms with Crippen molar-refractivity contribution in [2.45, 2.75) is 19.8 Å². The predicted molar refractivity (Wildman–Crippen MR) is 100 cm³/mol. The highest BCUT2D eigenvalue weighted by Crippen LogP contribution is 2.26. The Balaban J connectivity index is 1.56. The molecule has 0 aliphatic carbocycles. The van der Waals surface area contributed by atoms with E-state index in [1.165, 1.54) is 11.3 Å². The first-order valence-corrected chi connectivity index (χ1v) is 9.18. The van der Waals surface area contributed by atoms with Crippen LogP contribution in [-0.4, -0.2) is 54.2 Å². The Hall–Kier alpha value is -2.72. The zero-order valence-electron chi connectivity index (χ0n) is 15.1. The van der Waals surface area contributed by atoms with Gasteiger partial charge in [0.05, 0.1) is 11.3 Å². The van der Waals surface area contributed by atoms with Gasteiger partial charge in [0.25, 0.3) is 0 Å². The van der Waals surface area contributed by atoms with Crippen LogP contribution in [0, 0.1) is 18.3 Å². The first-order chi connectivity index (χ1) is 12.8. The molecule has 4 rings (SSSR count). The molecule has 0 amide bonds. The molecule has 2 aliphatic rings. The van der Waals surface area contributed by atoms with Crippen molar-refractivity contribution in [1.29, 1.82) is 5.26 Å². The molecule has 134 valence electrons. The highest BCUT2D eigenvalue weighted by Gasteiger charge is 2.25. The van der Waals surface area contributed by atoms with Gasteiger partial charge in [-0.2, -0.15) is 5.26 Å². The number of pyridine rings is 1. The monoisotopic (exact) mass is 349 g/mol. The van der Waals surface area contributed by atoms with Crippen molar-refractivity contribution in [3.8, 4) is 6.07 Å². The van der Waals surface area contributed by atoms with E-state index < -0.39 is 0 Å². The van der Waals surface area contributed by atoms with E-state index in [0.717, 1.165) is 69.6 Å². The number of nitrogens with one attached hydrogen (secondary N) is 1. The maximum absolute atomic E-state index is 9.32. The highest BCUT2D eigenvalue weighted by molar-refractivity contribution is 5.56. The van der Waals surface area contributed by atoms with Crippen LogP contribution >= 0.6 is 0 Å². The standard InChI is InChI=1S/C19H23N7/c1-14-23-17-5-8-21-7-4-16(17)19(24-14)26-11-9-25(10-12-26)18-15(13-20)3-2-6-22-18/h2-3,6,21H,4-5,7-12H2,1H3. The molecule has 1 saturated heterocycles. The van der Waals surface area contributed by atoms with Gasteiger partial charge < -0.3 is 15.1 Å². The van der Waals surface area contributed by atoms with Gasteiger partial charge in [0.2, 0.25) is 0 Å². The summed E-state index contributed by atoms with van der Waals surface area (Å²) in [6.07, 6.45) is 3.69. The summed E-state index contributed by atoms with van der Waals surface area (Å²) in [5, 5.41) is 12.8. The number of anilines is 2. The molecule has 1 N–H and O–H groups in total. The third-order valence-electron chi connectivity index (χ3n) is 5.06. The van der Waals surface area contributed by atoms with E-state index in [9.17, 15) is 5.26 Å². The second kappa shape index (κ2) is 7.26. The van der Waals surface area contributed by atoms with Crippen LogP contribution in [0.15, 0.2) is 18.3 Å². The van der Waals surface area contributed by atoms with Gasteiger partial charge >= 0.3 is 0 Å². The molecule has 7 heteroatoms. The fourth-order valence-corrected chi connectivity index (χ4v) is 3.77. The van der Waals surface area contributed by atoms with E-state index in [0.29, 0.717) is 5.56 Å². The van der Waals surface area contributed by atoms with Crippen molar-refractivity contribution in [2.75, 3.05) is 49.1 Å². The van der Waals surface area contributed by atoms with Crippen LogP contribution < -0.4 is 15.1 Å². The van der Waals surface area contributed by atoms with Crippen LogP contribution in [0.4, 0.5) is 11.6 Å². The van der Waals surface area contributed by atoms with Gasteiger partial charge in [-0.1, -0.05) is 0 Å². The van der Waals surface area contributed by atoms with Crippen LogP contribution in [-0.2, 0) is 12.8 Å². The third kappa shape index (κ3) is 3.20. The van der Waals surface area contributed by atoms with Gasteiger partial charge in [-0.3, -0.25) is 0 Å². The fourth-order valence-electron chi connectivity index (χ4n) is 3.77. The lowest BCUT2D eigenvalue weighted by molar-refractivity contribution is 0.635. The minimum absolute atomic E-state index is 0.638. The van der Waals surface area contributed by atoms with E-state index in [4.69, 9.17) is 4.98 Å². The smallest absolute Gasteiger partial charge is 0.146 e. The quantitative estimate of drug-likeness (QED) is 0.868. The predicted octanol–water partition coefficient (Wildman–Crippen LogP) is 1.07. The van der Waals surface area contributed by atoms with Crippen LogP contribution in [0.2, 0.25) is 0 Å². The average Bonchev–Trinajstić information content (AvgIpc) is 2.93. The Morgan fingerprint density at radius 1 is 1.04 bits per heavy atom. The van der Waals surface area contributed by atoms with Crippen molar-refractivity contribution in [2.24, 2.45) is 0 Å². The molecule has 0 spiro atoms. The minimum Gasteiger partial charge on any atom is -0.353 e. The molecule has 7 nitrogen and oxygen atoms in total. The van der Waals surface area contributed by atoms with E-state index in [1.54, 1.807) is 6.20 Å². The summed E-state index contributed by atoms with van der Waals surface area (Å²) in [6, 6.07) is 5.89. The summed E-state index contributed by atoms with van der Waals surface area (Å²) < 4.78 is 0. The molecular weight excluding hydrogens is 326 g/mol. The van der Waals surface area contributed by atoms with Gasteiger partial charge in [-0.15, -0.1) is 0 Å². The normalized spacial score (nSPS) is 17.4. The topological polar surface area (TPSA) is 81.0 Å². The van der Waals surface area contributed by atoms with Crippen molar-refractivity contribution < 1.29 is 0 Å². The fraction of sp³-hybridized carbons (Fsp3) is 0.474. The number of hydrogen-bond donors (Lipinski definition) is 1. The van der Waals surface area contributed by atoms with Gasteiger partial charge in [-0.25, -0.2) is 15.0 Å². The average molecular weight is 349 g/mol. The van der Waals surface area contributed by atoms with Crippen LogP contribution in [0.3, 0.4) is 0 Å². The van der Waals surface area contributed by atoms with E-state index >= 15 is 0 Å². The summed E-state index contributed by atoms with van der Waals surface area (Å²) in [5.41, 5.74) is 3.12. The summed E-state index contributed by atoms with van der Waals surface area (Å²) in [6.45, 7) is 7.35. The van der Waals surface area contributed by atoms with Gasteiger partial charge in [-0.05, 0) is 32.0 Å².